The highest BCUT2D eigenvalue weighted by molar-refractivity contribution is 5.44. The average Bonchev–Trinajstić information content (AvgIpc) is 2.75. The van der Waals surface area contributed by atoms with Crippen molar-refractivity contribution >= 4 is 5.69 Å². The van der Waals surface area contributed by atoms with E-state index in [1.165, 1.54) is 0 Å². The van der Waals surface area contributed by atoms with E-state index in [0.29, 0.717) is 0 Å². The number of aromatic nitrogens is 4. The van der Waals surface area contributed by atoms with Gasteiger partial charge < -0.3 is 10.6 Å². The van der Waals surface area contributed by atoms with E-state index in [2.05, 4.69) is 20.4 Å². The molecular weight excluding hydrogens is 216 g/mol. The molecule has 0 saturated carbocycles. The minimum Gasteiger partial charge on any atom is -0.399 e. The van der Waals surface area contributed by atoms with Crippen LogP contribution in [-0.4, -0.2) is 45.7 Å². The summed E-state index contributed by atoms with van der Waals surface area (Å²) in [5.74, 6) is 0.850. The Hall–Kier alpha value is -1.95. The molecule has 2 N–H and O–H groups in total. The van der Waals surface area contributed by atoms with E-state index in [1.54, 1.807) is 4.68 Å². The first-order valence-electron chi connectivity index (χ1n) is 5.45. The first-order chi connectivity index (χ1) is 8.16. The van der Waals surface area contributed by atoms with Crippen LogP contribution in [0.15, 0.2) is 24.3 Å². The molecule has 6 nitrogen and oxygen atoms in total. The number of likely N-dealkylation sites (N-methyl/N-ethyl adjacent to an activating group) is 1. The Balaban J connectivity index is 2.21. The van der Waals surface area contributed by atoms with Crippen molar-refractivity contribution < 1.29 is 0 Å². The topological polar surface area (TPSA) is 72.9 Å². The summed E-state index contributed by atoms with van der Waals surface area (Å²) < 4.78 is 1.74. The molecule has 0 radical (unpaired) electrons. The summed E-state index contributed by atoms with van der Waals surface area (Å²) in [6, 6.07) is 7.50. The Morgan fingerprint density at radius 2 is 1.94 bits per heavy atom. The van der Waals surface area contributed by atoms with Crippen molar-refractivity contribution in [2.75, 3.05) is 26.4 Å². The Bertz CT molecular complexity index is 473. The van der Waals surface area contributed by atoms with E-state index < -0.39 is 0 Å². The van der Waals surface area contributed by atoms with Crippen molar-refractivity contribution in [3.05, 3.63) is 30.1 Å². The summed E-state index contributed by atoms with van der Waals surface area (Å²) in [4.78, 5) is 2.10. The Morgan fingerprint density at radius 1 is 1.24 bits per heavy atom. The predicted molar refractivity (Wildman–Crippen MR) is 65.8 cm³/mol. The van der Waals surface area contributed by atoms with Gasteiger partial charge in [-0.25, -0.2) is 0 Å². The van der Waals surface area contributed by atoms with Crippen LogP contribution >= 0.6 is 0 Å². The number of hydrogen-bond acceptors (Lipinski definition) is 5. The number of nitrogens with two attached hydrogens (primary N) is 1. The first-order valence-corrected chi connectivity index (χ1v) is 5.45. The summed E-state index contributed by atoms with van der Waals surface area (Å²) in [6.07, 6.45) is 0.810. The average molecular weight is 232 g/mol. The maximum Gasteiger partial charge on any atom is 0.157 e. The van der Waals surface area contributed by atoms with Crippen LogP contribution in [0.1, 0.15) is 5.82 Å². The second-order valence-electron chi connectivity index (χ2n) is 4.15. The molecule has 0 fully saturated rings. The third-order valence-corrected chi connectivity index (χ3v) is 2.45. The SMILES string of the molecule is CN(C)CCc1nnnn1-c1ccc(N)cc1. The highest BCUT2D eigenvalue weighted by Gasteiger charge is 2.08. The van der Waals surface area contributed by atoms with Crippen molar-refractivity contribution in [1.82, 2.24) is 25.1 Å². The number of anilines is 1. The lowest BCUT2D eigenvalue weighted by molar-refractivity contribution is 0.408. The molecular formula is C11H16N6. The molecule has 0 atom stereocenters. The standard InChI is InChI=1S/C11H16N6/c1-16(2)8-7-11-13-14-15-17(11)10-5-3-9(12)4-6-10/h3-6H,7-8,12H2,1-2H3. The van der Waals surface area contributed by atoms with Gasteiger partial charge in [0.15, 0.2) is 5.82 Å². The molecule has 0 amide bonds. The molecule has 0 spiro atoms. The highest BCUT2D eigenvalue weighted by atomic mass is 15.5. The molecule has 1 heterocycles. The van der Waals surface area contributed by atoms with Crippen molar-refractivity contribution in [2.45, 2.75) is 6.42 Å². The number of benzene rings is 1. The van der Waals surface area contributed by atoms with E-state index in [1.807, 2.05) is 38.4 Å². The molecule has 1 aromatic heterocycles. The maximum atomic E-state index is 5.65. The van der Waals surface area contributed by atoms with Gasteiger partial charge in [0.25, 0.3) is 0 Å². The fourth-order valence-electron chi connectivity index (χ4n) is 1.50. The molecule has 0 unspecified atom stereocenters. The zero-order valence-electron chi connectivity index (χ0n) is 10.0. The van der Waals surface area contributed by atoms with Crippen molar-refractivity contribution in [1.29, 1.82) is 0 Å². The molecule has 2 rings (SSSR count). The molecule has 2 aromatic rings. The van der Waals surface area contributed by atoms with Crippen molar-refractivity contribution in [3.63, 3.8) is 0 Å². The summed E-state index contributed by atoms with van der Waals surface area (Å²) >= 11 is 0. The third kappa shape index (κ3) is 2.79. The third-order valence-electron chi connectivity index (χ3n) is 2.45. The number of tetrazole rings is 1. The monoisotopic (exact) mass is 232 g/mol. The van der Waals surface area contributed by atoms with Crippen molar-refractivity contribution in [3.8, 4) is 5.69 Å². The van der Waals surface area contributed by atoms with E-state index in [0.717, 1.165) is 30.2 Å². The van der Waals surface area contributed by atoms with Crippen LogP contribution in [0.5, 0.6) is 0 Å². The summed E-state index contributed by atoms with van der Waals surface area (Å²) in [7, 11) is 4.05. The second-order valence-corrected chi connectivity index (χ2v) is 4.15. The van der Waals surface area contributed by atoms with Crippen LogP contribution in [-0.2, 0) is 6.42 Å². The summed E-state index contributed by atoms with van der Waals surface area (Å²) in [5, 5.41) is 11.7. The molecule has 0 aliphatic rings. The lowest BCUT2D eigenvalue weighted by atomic mass is 10.3. The molecule has 6 heteroatoms. The molecule has 0 aliphatic carbocycles. The van der Waals surface area contributed by atoms with Crippen LogP contribution in [0.4, 0.5) is 5.69 Å². The fourth-order valence-corrected chi connectivity index (χ4v) is 1.50. The number of nitrogens with zero attached hydrogens (tertiary/aromatic N) is 5. The van der Waals surface area contributed by atoms with Gasteiger partial charge in [-0.3, -0.25) is 0 Å². The van der Waals surface area contributed by atoms with E-state index >= 15 is 0 Å². The second kappa shape index (κ2) is 4.92. The van der Waals surface area contributed by atoms with Gasteiger partial charge in [0.1, 0.15) is 0 Å². The molecule has 1 aromatic carbocycles. The first kappa shape index (κ1) is 11.5. The Kier molecular flexibility index (Phi) is 3.34. The van der Waals surface area contributed by atoms with Crippen LogP contribution < -0.4 is 5.73 Å². The van der Waals surface area contributed by atoms with Gasteiger partial charge in [-0.15, -0.1) is 5.10 Å². The smallest absolute Gasteiger partial charge is 0.157 e. The van der Waals surface area contributed by atoms with Crippen LogP contribution in [0.3, 0.4) is 0 Å². The van der Waals surface area contributed by atoms with Gasteiger partial charge in [-0.1, -0.05) is 0 Å². The minimum atomic E-state index is 0.733. The Labute approximate surface area is 100 Å². The van der Waals surface area contributed by atoms with Gasteiger partial charge in [0, 0.05) is 18.7 Å². The molecule has 0 saturated heterocycles. The molecule has 0 bridgehead atoms. The van der Waals surface area contributed by atoms with Gasteiger partial charge in [0.05, 0.1) is 5.69 Å². The zero-order chi connectivity index (χ0) is 12.3. The largest absolute Gasteiger partial charge is 0.399 e. The molecule has 17 heavy (non-hydrogen) atoms. The lowest BCUT2D eigenvalue weighted by Crippen LogP contribution is -2.17. The van der Waals surface area contributed by atoms with E-state index in [9.17, 15) is 0 Å². The zero-order valence-corrected chi connectivity index (χ0v) is 10.0. The number of rotatable bonds is 4. The van der Waals surface area contributed by atoms with Crippen LogP contribution in [0.25, 0.3) is 5.69 Å². The van der Waals surface area contributed by atoms with E-state index in [-0.39, 0.29) is 0 Å². The van der Waals surface area contributed by atoms with Crippen LogP contribution in [0.2, 0.25) is 0 Å². The molecule has 0 aliphatic heterocycles. The lowest BCUT2D eigenvalue weighted by Gasteiger charge is -2.09. The number of hydrogen-bond donors (Lipinski definition) is 1. The van der Waals surface area contributed by atoms with Gasteiger partial charge in [0.2, 0.25) is 0 Å². The fraction of sp³-hybridized carbons (Fsp3) is 0.364. The quantitative estimate of drug-likeness (QED) is 0.770. The molecule has 90 valence electrons. The normalized spacial score (nSPS) is 11.0. The van der Waals surface area contributed by atoms with E-state index in [4.69, 9.17) is 5.73 Å². The van der Waals surface area contributed by atoms with Gasteiger partial charge >= 0.3 is 0 Å². The minimum absolute atomic E-state index is 0.733. The Morgan fingerprint density at radius 3 is 2.59 bits per heavy atom. The predicted octanol–water partition coefficient (Wildman–Crippen LogP) is 0.349. The highest BCUT2D eigenvalue weighted by Crippen LogP contribution is 2.11. The van der Waals surface area contributed by atoms with Crippen LogP contribution in [0, 0.1) is 0 Å². The maximum absolute atomic E-state index is 5.65. The summed E-state index contributed by atoms with van der Waals surface area (Å²) in [5.41, 5.74) is 7.31. The van der Waals surface area contributed by atoms with Gasteiger partial charge in [-0.2, -0.15) is 4.68 Å². The number of nitrogen functional groups attached to an aromatic ring is 1. The van der Waals surface area contributed by atoms with Gasteiger partial charge in [-0.05, 0) is 48.8 Å². The summed E-state index contributed by atoms with van der Waals surface area (Å²) in [6.45, 7) is 0.912. The van der Waals surface area contributed by atoms with Crippen molar-refractivity contribution in [2.24, 2.45) is 0 Å².